The molecular formula is C27H24F6N2O4. The van der Waals surface area contributed by atoms with Crippen molar-refractivity contribution < 1.29 is 45.8 Å². The lowest BCUT2D eigenvalue weighted by molar-refractivity contribution is -0.138. The van der Waals surface area contributed by atoms with Crippen LogP contribution in [0.15, 0.2) is 66.9 Å². The van der Waals surface area contributed by atoms with Crippen LogP contribution >= 0.6 is 0 Å². The third-order valence-electron chi connectivity index (χ3n) is 5.61. The van der Waals surface area contributed by atoms with E-state index in [9.17, 15) is 35.9 Å². The highest BCUT2D eigenvalue weighted by molar-refractivity contribution is 5.94. The first-order valence-corrected chi connectivity index (χ1v) is 11.8. The molecule has 1 amide bonds. The number of aromatic nitrogens is 1. The molecule has 0 radical (unpaired) electrons. The van der Waals surface area contributed by atoms with Gasteiger partial charge in [0.15, 0.2) is 0 Å². The Bertz CT molecular complexity index is 1240. The predicted molar refractivity (Wildman–Crippen MR) is 129 cm³/mol. The summed E-state index contributed by atoms with van der Waals surface area (Å²) in [6.07, 6.45) is -9.72. The van der Waals surface area contributed by atoms with Crippen LogP contribution in [0.3, 0.4) is 0 Å². The molecule has 12 heteroatoms. The zero-order chi connectivity index (χ0) is 28.6. The van der Waals surface area contributed by atoms with Gasteiger partial charge in [-0.3, -0.25) is 14.6 Å². The van der Waals surface area contributed by atoms with Crippen LogP contribution in [-0.2, 0) is 11.0 Å². The lowest BCUT2D eigenvalue weighted by Gasteiger charge is -2.20. The summed E-state index contributed by atoms with van der Waals surface area (Å²) in [6, 6.07) is 13.4. The molecule has 0 spiro atoms. The van der Waals surface area contributed by atoms with E-state index in [0.29, 0.717) is 16.8 Å². The molecule has 0 aliphatic heterocycles. The minimum absolute atomic E-state index is 0.00174. The molecule has 3 rings (SSSR count). The maximum atomic E-state index is 12.8. The topological polar surface area (TPSA) is 88.5 Å². The van der Waals surface area contributed by atoms with Gasteiger partial charge >= 0.3 is 18.3 Å². The average Bonchev–Trinajstić information content (AvgIpc) is 2.87. The normalized spacial score (nSPS) is 12.6. The number of amides is 1. The van der Waals surface area contributed by atoms with Gasteiger partial charge in [-0.1, -0.05) is 18.2 Å². The van der Waals surface area contributed by atoms with Crippen LogP contribution < -0.4 is 10.1 Å². The molecule has 0 unspecified atom stereocenters. The minimum atomic E-state index is -4.47. The number of alkyl halides is 6. The number of carbonyl (C=O) groups excluding carboxylic acids is 1. The molecule has 1 heterocycles. The number of ether oxygens (including phenoxy) is 1. The molecule has 1 atom stereocenters. The van der Waals surface area contributed by atoms with Gasteiger partial charge in [-0.15, -0.1) is 0 Å². The van der Waals surface area contributed by atoms with Crippen molar-refractivity contribution in [3.63, 3.8) is 0 Å². The van der Waals surface area contributed by atoms with Crippen LogP contribution in [0.2, 0.25) is 0 Å². The van der Waals surface area contributed by atoms with E-state index in [-0.39, 0.29) is 37.1 Å². The van der Waals surface area contributed by atoms with Crippen LogP contribution in [0.1, 0.15) is 53.3 Å². The van der Waals surface area contributed by atoms with Crippen LogP contribution in [0.25, 0.3) is 11.3 Å². The van der Waals surface area contributed by atoms with E-state index in [4.69, 9.17) is 9.84 Å². The van der Waals surface area contributed by atoms with Crippen molar-refractivity contribution in [2.45, 2.75) is 44.1 Å². The largest absolute Gasteiger partial charge is 0.486 e. The van der Waals surface area contributed by atoms with Crippen molar-refractivity contribution >= 4 is 11.9 Å². The number of carboxylic acids is 1. The molecular weight excluding hydrogens is 530 g/mol. The number of carbonyl (C=O) groups is 2. The minimum Gasteiger partial charge on any atom is -0.486 e. The summed E-state index contributed by atoms with van der Waals surface area (Å²) < 4.78 is 82.6. The van der Waals surface area contributed by atoms with Gasteiger partial charge in [0.05, 0.1) is 17.7 Å². The van der Waals surface area contributed by atoms with E-state index in [0.717, 1.165) is 12.1 Å². The van der Waals surface area contributed by atoms with Gasteiger partial charge in [-0.25, -0.2) is 0 Å². The Kier molecular flexibility index (Phi) is 9.55. The zero-order valence-corrected chi connectivity index (χ0v) is 20.4. The van der Waals surface area contributed by atoms with Gasteiger partial charge in [0.25, 0.3) is 5.91 Å². The van der Waals surface area contributed by atoms with Gasteiger partial charge in [-0.2, -0.15) is 26.3 Å². The molecule has 39 heavy (non-hydrogen) atoms. The fraction of sp³-hybridized carbons (Fsp3) is 0.296. The fourth-order valence-corrected chi connectivity index (χ4v) is 3.61. The molecule has 0 aliphatic rings. The van der Waals surface area contributed by atoms with Gasteiger partial charge < -0.3 is 15.2 Å². The maximum Gasteiger partial charge on any atom is 0.416 e. The second kappa shape index (κ2) is 12.6. The predicted octanol–water partition coefficient (Wildman–Crippen LogP) is 6.82. The second-order valence-corrected chi connectivity index (χ2v) is 8.59. The molecule has 0 fully saturated rings. The summed E-state index contributed by atoms with van der Waals surface area (Å²) in [5.41, 5.74) is 0.707. The van der Waals surface area contributed by atoms with E-state index >= 15 is 0 Å². The summed E-state index contributed by atoms with van der Waals surface area (Å²) in [4.78, 5) is 27.0. The fourth-order valence-electron chi connectivity index (χ4n) is 3.61. The Morgan fingerprint density at radius 1 is 0.923 bits per heavy atom. The molecule has 2 aromatic carbocycles. The van der Waals surface area contributed by atoms with Crippen LogP contribution in [0, 0.1) is 0 Å². The molecule has 0 bridgehead atoms. The van der Waals surface area contributed by atoms with Crippen molar-refractivity contribution in [1.29, 1.82) is 0 Å². The number of nitrogens with zero attached hydrogens (tertiary/aromatic N) is 1. The molecule has 0 saturated carbocycles. The smallest absolute Gasteiger partial charge is 0.416 e. The monoisotopic (exact) mass is 554 g/mol. The number of hydrogen-bond acceptors (Lipinski definition) is 4. The Labute approximate surface area is 219 Å². The Balaban J connectivity index is 1.74. The lowest BCUT2D eigenvalue weighted by atomic mass is 10.0. The number of aliphatic carboxylic acids is 1. The van der Waals surface area contributed by atoms with Crippen molar-refractivity contribution in [1.82, 2.24) is 10.3 Å². The Hall–Kier alpha value is -4.09. The molecule has 0 aliphatic carbocycles. The van der Waals surface area contributed by atoms with E-state index in [2.05, 4.69) is 10.3 Å². The van der Waals surface area contributed by atoms with E-state index in [1.54, 1.807) is 12.1 Å². The quantitative estimate of drug-likeness (QED) is 0.254. The van der Waals surface area contributed by atoms with Gasteiger partial charge in [-0.05, 0) is 55.3 Å². The number of benzene rings is 2. The summed E-state index contributed by atoms with van der Waals surface area (Å²) in [7, 11) is 0. The molecule has 2 N–H and O–H groups in total. The number of nitrogens with one attached hydrogen (secondary N) is 1. The molecule has 1 aromatic heterocycles. The van der Waals surface area contributed by atoms with E-state index < -0.39 is 42.3 Å². The van der Waals surface area contributed by atoms with Crippen molar-refractivity contribution in [2.24, 2.45) is 0 Å². The number of carboxylic acid groups (broad SMARTS) is 1. The maximum absolute atomic E-state index is 12.8. The highest BCUT2D eigenvalue weighted by atomic mass is 19.4. The summed E-state index contributed by atoms with van der Waals surface area (Å²) in [5.74, 6) is -1.27. The standard InChI is InChI=1S/C27H24F6N2O4/c28-26(29,30)14-1-2-23(39-21-10-5-18(6-11-21)25(38)34-15-13-24(36)37)19-7-12-22(35-16-19)17-3-8-20(9-4-17)27(31,32)33/h3-12,16,23H,1-2,13-15H2,(H,34,38)(H,36,37)/t23-/m1/s1. The number of rotatable bonds is 11. The first-order valence-electron chi connectivity index (χ1n) is 11.8. The Morgan fingerprint density at radius 3 is 2.13 bits per heavy atom. The van der Waals surface area contributed by atoms with Crippen LogP contribution in [0.4, 0.5) is 26.3 Å². The van der Waals surface area contributed by atoms with E-state index in [1.807, 2.05) is 0 Å². The van der Waals surface area contributed by atoms with Crippen molar-refractivity contribution in [3.05, 3.63) is 83.6 Å². The summed E-state index contributed by atoms with van der Waals surface area (Å²) >= 11 is 0. The molecule has 6 nitrogen and oxygen atoms in total. The van der Waals surface area contributed by atoms with Gasteiger partial charge in [0, 0.05) is 35.9 Å². The molecule has 208 valence electrons. The summed E-state index contributed by atoms with van der Waals surface area (Å²) in [5, 5.41) is 11.1. The zero-order valence-electron chi connectivity index (χ0n) is 20.4. The van der Waals surface area contributed by atoms with E-state index in [1.165, 1.54) is 42.6 Å². The van der Waals surface area contributed by atoms with Crippen molar-refractivity contribution in [3.8, 4) is 17.0 Å². The first kappa shape index (κ1) is 29.5. The van der Waals surface area contributed by atoms with Crippen LogP contribution in [-0.4, -0.2) is 34.7 Å². The third-order valence-corrected chi connectivity index (χ3v) is 5.61. The first-order chi connectivity index (χ1) is 18.3. The van der Waals surface area contributed by atoms with Crippen LogP contribution in [0.5, 0.6) is 5.75 Å². The summed E-state index contributed by atoms with van der Waals surface area (Å²) in [6.45, 7) is -0.0524. The second-order valence-electron chi connectivity index (χ2n) is 8.59. The molecule has 3 aromatic rings. The lowest BCUT2D eigenvalue weighted by Crippen LogP contribution is -2.25. The third kappa shape index (κ3) is 9.31. The van der Waals surface area contributed by atoms with Gasteiger partial charge in [0.2, 0.25) is 0 Å². The van der Waals surface area contributed by atoms with Gasteiger partial charge in [0.1, 0.15) is 11.9 Å². The highest BCUT2D eigenvalue weighted by Crippen LogP contribution is 2.32. The number of pyridine rings is 1. The average molecular weight is 554 g/mol. The Morgan fingerprint density at radius 2 is 1.59 bits per heavy atom. The highest BCUT2D eigenvalue weighted by Gasteiger charge is 2.30. The SMILES string of the molecule is O=C(O)CCNC(=O)c1ccc(O[C@H](CCCC(F)(F)F)c2ccc(-c3ccc(C(F)(F)F)cc3)nc2)cc1. The van der Waals surface area contributed by atoms with Crippen molar-refractivity contribution in [2.75, 3.05) is 6.54 Å². The number of halogens is 6. The molecule has 0 saturated heterocycles. The number of hydrogen-bond donors (Lipinski definition) is 2.